The van der Waals surface area contributed by atoms with E-state index in [1.165, 1.54) is 0 Å². The van der Waals surface area contributed by atoms with Crippen LogP contribution >= 0.6 is 0 Å². The van der Waals surface area contributed by atoms with Crippen LogP contribution < -0.4 is 36.2 Å². The molecule has 5 amide bonds. The second kappa shape index (κ2) is 16.6. The standard InChI is InChI=1S/C41H50N10O7/c1-3-30-37(43-24-12-20-58-21-13-24)47-38(35(45-30)36(42)53)44-25-4-7-31(33(22-25)57-2)50-14-10-26(11-15-50)48-16-18-49(19-17-48)27-5-6-28-29(23-27)41(56)51(40(28)55)32-8-9-34(52)46-39(32)54/h4-7,22-24,26,32H,3,8-21H2,1-2H3,(H2,42,53)(H2,43,44,47)(H,46,52,54). The first-order valence-corrected chi connectivity index (χ1v) is 20.2. The van der Waals surface area contributed by atoms with Crippen LogP contribution in [0.2, 0.25) is 0 Å². The largest absolute Gasteiger partial charge is 0.495 e. The summed E-state index contributed by atoms with van der Waals surface area (Å²) in [6.07, 6.45) is 4.49. The number of rotatable bonds is 11. The number of aromatic nitrogens is 2. The molecule has 0 bridgehead atoms. The number of anilines is 5. The molecule has 17 nitrogen and oxygen atoms in total. The summed E-state index contributed by atoms with van der Waals surface area (Å²) in [5.74, 6) is -1.05. The smallest absolute Gasteiger partial charge is 0.271 e. The molecule has 5 aliphatic heterocycles. The number of carbonyl (C=O) groups excluding carboxylic acids is 5. The third-order valence-electron chi connectivity index (χ3n) is 12.0. The quantitative estimate of drug-likeness (QED) is 0.206. The van der Waals surface area contributed by atoms with E-state index < -0.39 is 35.6 Å². The molecule has 4 fully saturated rings. The van der Waals surface area contributed by atoms with Gasteiger partial charge in [-0.3, -0.25) is 39.1 Å². The average molecular weight is 795 g/mol. The van der Waals surface area contributed by atoms with Crippen molar-refractivity contribution >= 4 is 58.2 Å². The maximum atomic E-state index is 13.4. The zero-order valence-electron chi connectivity index (χ0n) is 32.9. The highest BCUT2D eigenvalue weighted by Gasteiger charge is 2.45. The van der Waals surface area contributed by atoms with Crippen molar-refractivity contribution in [1.82, 2.24) is 25.1 Å². The second-order valence-electron chi connectivity index (χ2n) is 15.4. The summed E-state index contributed by atoms with van der Waals surface area (Å²) in [5, 5.41) is 9.03. The first-order valence-electron chi connectivity index (χ1n) is 20.2. The van der Waals surface area contributed by atoms with Crippen LogP contribution in [0.1, 0.15) is 82.3 Å². The fourth-order valence-corrected chi connectivity index (χ4v) is 8.75. The van der Waals surface area contributed by atoms with Gasteiger partial charge in [0.05, 0.1) is 29.6 Å². The molecule has 58 heavy (non-hydrogen) atoms. The molecule has 17 heteroatoms. The van der Waals surface area contributed by atoms with E-state index in [4.69, 9.17) is 20.2 Å². The van der Waals surface area contributed by atoms with E-state index in [1.54, 1.807) is 19.2 Å². The number of piperidine rings is 2. The zero-order chi connectivity index (χ0) is 40.5. The van der Waals surface area contributed by atoms with Gasteiger partial charge in [0.15, 0.2) is 17.3 Å². The Balaban J connectivity index is 0.874. The molecule has 0 aliphatic carbocycles. The van der Waals surface area contributed by atoms with Crippen molar-refractivity contribution in [2.24, 2.45) is 5.73 Å². The van der Waals surface area contributed by atoms with Gasteiger partial charge < -0.3 is 35.6 Å². The van der Waals surface area contributed by atoms with Crippen LogP contribution in [0.5, 0.6) is 5.75 Å². The second-order valence-corrected chi connectivity index (χ2v) is 15.4. The molecule has 6 heterocycles. The van der Waals surface area contributed by atoms with Gasteiger partial charge >= 0.3 is 0 Å². The van der Waals surface area contributed by atoms with Crippen molar-refractivity contribution in [2.75, 3.05) is 80.0 Å². The number of benzene rings is 2. The molecule has 2 aromatic carbocycles. The molecule has 8 rings (SSSR count). The summed E-state index contributed by atoms with van der Waals surface area (Å²) in [4.78, 5) is 80.7. The molecule has 1 aromatic heterocycles. The topological polar surface area (TPSA) is 205 Å². The lowest BCUT2D eigenvalue weighted by Gasteiger charge is -2.44. The van der Waals surface area contributed by atoms with Gasteiger partial charge in [-0.2, -0.15) is 0 Å². The van der Waals surface area contributed by atoms with Gasteiger partial charge in [0.2, 0.25) is 11.8 Å². The van der Waals surface area contributed by atoms with E-state index in [1.807, 2.05) is 31.2 Å². The highest BCUT2D eigenvalue weighted by molar-refractivity contribution is 6.23. The van der Waals surface area contributed by atoms with Crippen LogP contribution in [0.4, 0.5) is 28.7 Å². The number of imide groups is 2. The fourth-order valence-electron chi connectivity index (χ4n) is 8.75. The Morgan fingerprint density at radius 1 is 0.879 bits per heavy atom. The lowest BCUT2D eigenvalue weighted by atomic mass is 10.0. The van der Waals surface area contributed by atoms with E-state index in [0.29, 0.717) is 54.2 Å². The minimum absolute atomic E-state index is 0.0811. The van der Waals surface area contributed by atoms with Crippen LogP contribution in [0.15, 0.2) is 36.4 Å². The van der Waals surface area contributed by atoms with Crippen molar-refractivity contribution in [3.63, 3.8) is 0 Å². The van der Waals surface area contributed by atoms with Crippen LogP contribution in [0, 0.1) is 0 Å². The Hall–Kier alpha value is -5.81. The number of primary amides is 1. The lowest BCUT2D eigenvalue weighted by molar-refractivity contribution is -0.136. The van der Waals surface area contributed by atoms with E-state index >= 15 is 0 Å². The summed E-state index contributed by atoms with van der Waals surface area (Å²) in [5.41, 5.74) is 9.65. The fraction of sp³-hybridized carbons (Fsp3) is 0.488. The van der Waals surface area contributed by atoms with Crippen molar-refractivity contribution in [3.8, 4) is 5.75 Å². The van der Waals surface area contributed by atoms with Crippen molar-refractivity contribution in [1.29, 1.82) is 0 Å². The summed E-state index contributed by atoms with van der Waals surface area (Å²) >= 11 is 0. The number of piperazine rings is 1. The first-order chi connectivity index (χ1) is 28.1. The number of amides is 5. The zero-order valence-corrected chi connectivity index (χ0v) is 32.9. The average Bonchev–Trinajstić information content (AvgIpc) is 3.49. The van der Waals surface area contributed by atoms with Gasteiger partial charge in [-0.15, -0.1) is 0 Å². The van der Waals surface area contributed by atoms with Crippen LogP contribution in [0.3, 0.4) is 0 Å². The number of hydrogen-bond acceptors (Lipinski definition) is 14. The summed E-state index contributed by atoms with van der Waals surface area (Å²) in [7, 11) is 1.65. The predicted molar refractivity (Wildman–Crippen MR) is 216 cm³/mol. The molecule has 5 N–H and O–H groups in total. The minimum atomic E-state index is -0.984. The van der Waals surface area contributed by atoms with Crippen molar-refractivity contribution in [2.45, 2.75) is 70.0 Å². The first kappa shape index (κ1) is 39.0. The van der Waals surface area contributed by atoms with Crippen molar-refractivity contribution < 1.29 is 33.4 Å². The Morgan fingerprint density at radius 3 is 2.31 bits per heavy atom. The van der Waals surface area contributed by atoms with Crippen LogP contribution in [-0.4, -0.2) is 127 Å². The van der Waals surface area contributed by atoms with Gasteiger partial charge in [0.25, 0.3) is 17.7 Å². The number of nitrogens with zero attached hydrogens (tertiary/aromatic N) is 6. The van der Waals surface area contributed by atoms with E-state index in [2.05, 4.69) is 35.6 Å². The molecule has 3 aromatic rings. The molecule has 0 spiro atoms. The molecule has 1 atom stereocenters. The summed E-state index contributed by atoms with van der Waals surface area (Å²) in [6.45, 7) is 8.33. The third-order valence-corrected chi connectivity index (χ3v) is 12.0. The van der Waals surface area contributed by atoms with E-state index in [-0.39, 0.29) is 36.0 Å². The molecule has 0 saturated carbocycles. The molecule has 306 valence electrons. The molecule has 5 aliphatic rings. The Bertz CT molecular complexity index is 2110. The third kappa shape index (κ3) is 7.75. The summed E-state index contributed by atoms with van der Waals surface area (Å²) in [6, 6.07) is 10.8. The van der Waals surface area contributed by atoms with E-state index in [9.17, 15) is 24.0 Å². The summed E-state index contributed by atoms with van der Waals surface area (Å²) < 4.78 is 11.4. The monoisotopic (exact) mass is 794 g/mol. The predicted octanol–water partition coefficient (Wildman–Crippen LogP) is 2.67. The normalized spacial score (nSPS) is 20.9. The number of nitrogens with one attached hydrogen (secondary N) is 3. The van der Waals surface area contributed by atoms with Gasteiger partial charge in [0.1, 0.15) is 11.8 Å². The molecular formula is C41H50N10O7. The molecule has 1 unspecified atom stereocenters. The molecule has 0 radical (unpaired) electrons. The number of ether oxygens (including phenoxy) is 2. The Kier molecular flexibility index (Phi) is 11.2. The van der Waals surface area contributed by atoms with E-state index in [0.717, 1.165) is 81.2 Å². The maximum Gasteiger partial charge on any atom is 0.271 e. The van der Waals surface area contributed by atoms with Gasteiger partial charge in [-0.25, -0.2) is 9.97 Å². The number of methoxy groups -OCH3 is 1. The molecule has 4 saturated heterocycles. The SMILES string of the molecule is CCc1nc(C(N)=O)c(Nc2ccc(N3CCC(N4CCN(c5ccc6c(c5)C(=O)N(C5CCC(=O)NC5=O)C6=O)CC4)CC3)c(OC)c2)nc1NC1CCOCC1. The number of carbonyl (C=O) groups is 5. The number of fused-ring (bicyclic) bond motifs is 1. The maximum absolute atomic E-state index is 13.4. The highest BCUT2D eigenvalue weighted by Crippen LogP contribution is 2.36. The van der Waals surface area contributed by atoms with Crippen LogP contribution in [0.25, 0.3) is 0 Å². The Labute approximate surface area is 336 Å². The number of aryl methyl sites for hydroxylation is 1. The van der Waals surface area contributed by atoms with Gasteiger partial charge in [-0.1, -0.05) is 6.92 Å². The Morgan fingerprint density at radius 2 is 1.62 bits per heavy atom. The lowest BCUT2D eigenvalue weighted by Crippen LogP contribution is -2.54. The van der Waals surface area contributed by atoms with Gasteiger partial charge in [-0.05, 0) is 68.9 Å². The number of hydrogen-bond donors (Lipinski definition) is 4. The van der Waals surface area contributed by atoms with Gasteiger partial charge in [0, 0.05) is 88.4 Å². The minimum Gasteiger partial charge on any atom is -0.495 e. The van der Waals surface area contributed by atoms with Crippen molar-refractivity contribution in [3.05, 3.63) is 58.9 Å². The molecular weight excluding hydrogens is 745 g/mol. The number of nitrogens with two attached hydrogens (primary N) is 1. The highest BCUT2D eigenvalue weighted by atomic mass is 16.5. The van der Waals surface area contributed by atoms with Crippen LogP contribution in [-0.2, 0) is 20.7 Å².